The number of urea groups is 1. The number of nitrogens with one attached hydrogen (secondary N) is 3. The van der Waals surface area contributed by atoms with Crippen molar-refractivity contribution in [3.8, 4) is 11.5 Å². The number of rotatable bonds is 9. The summed E-state index contributed by atoms with van der Waals surface area (Å²) >= 11 is 0. The quantitative estimate of drug-likeness (QED) is 0.276. The van der Waals surface area contributed by atoms with Gasteiger partial charge in [0.05, 0.1) is 56.4 Å². The van der Waals surface area contributed by atoms with Gasteiger partial charge in [-0.1, -0.05) is 18.7 Å². The van der Waals surface area contributed by atoms with Gasteiger partial charge in [-0.2, -0.15) is 4.98 Å². The Bertz CT molecular complexity index is 1500. The van der Waals surface area contributed by atoms with Crippen LogP contribution >= 0.6 is 0 Å². The van der Waals surface area contributed by atoms with Crippen LogP contribution in [0.1, 0.15) is 11.3 Å². The van der Waals surface area contributed by atoms with Gasteiger partial charge in [0, 0.05) is 36.2 Å². The summed E-state index contributed by atoms with van der Waals surface area (Å²) in [6, 6.07) is 12.1. The van der Waals surface area contributed by atoms with E-state index in [9.17, 15) is 9.59 Å². The highest BCUT2D eigenvalue weighted by molar-refractivity contribution is 6.05. The molecule has 39 heavy (non-hydrogen) atoms. The molecule has 0 bridgehead atoms. The van der Waals surface area contributed by atoms with Gasteiger partial charge in [-0.3, -0.25) is 14.6 Å². The minimum Gasteiger partial charge on any atom is -0.497 e. The summed E-state index contributed by atoms with van der Waals surface area (Å²) in [7, 11) is 3.11. The second-order valence-electron chi connectivity index (χ2n) is 8.51. The third-order valence-corrected chi connectivity index (χ3v) is 6.04. The van der Waals surface area contributed by atoms with Crippen LogP contribution < -0.4 is 29.9 Å². The van der Waals surface area contributed by atoms with E-state index in [0.29, 0.717) is 34.4 Å². The van der Waals surface area contributed by atoms with Crippen LogP contribution in [0, 0.1) is 0 Å². The summed E-state index contributed by atoms with van der Waals surface area (Å²) in [5, 5.41) is 5.90. The molecule has 3 heterocycles. The largest absolute Gasteiger partial charge is 0.497 e. The van der Waals surface area contributed by atoms with Crippen LogP contribution in [0.3, 0.4) is 0 Å². The molecule has 3 N–H and O–H groups in total. The average molecular weight is 527 g/mol. The molecule has 0 atom stereocenters. The zero-order chi connectivity index (χ0) is 27.4. The number of ether oxygens (including phenoxy) is 2. The Hall–Kier alpha value is -5.39. The van der Waals surface area contributed by atoms with Crippen molar-refractivity contribution >= 4 is 40.8 Å². The van der Waals surface area contributed by atoms with Crippen LogP contribution in [-0.4, -0.2) is 46.1 Å². The number of H-pyrrole nitrogens is 1. The molecule has 0 fully saturated rings. The van der Waals surface area contributed by atoms with E-state index in [1.807, 2.05) is 6.07 Å². The molecule has 0 aliphatic carbocycles. The van der Waals surface area contributed by atoms with Crippen LogP contribution in [0.25, 0.3) is 0 Å². The molecular formula is C27H26N8O4. The third kappa shape index (κ3) is 5.34. The lowest BCUT2D eigenvalue weighted by Crippen LogP contribution is -2.47. The molecule has 0 saturated carbocycles. The molecule has 12 heteroatoms. The Labute approximate surface area is 224 Å². The first kappa shape index (κ1) is 25.3. The van der Waals surface area contributed by atoms with Gasteiger partial charge in [0.2, 0.25) is 11.9 Å². The van der Waals surface area contributed by atoms with Gasteiger partial charge in [-0.05, 0) is 18.2 Å². The number of nitrogens with zero attached hydrogens (tertiary/aromatic N) is 5. The van der Waals surface area contributed by atoms with Gasteiger partial charge in [-0.15, -0.1) is 0 Å². The topological polar surface area (TPSA) is 138 Å². The number of imidazole rings is 1. The van der Waals surface area contributed by atoms with Crippen molar-refractivity contribution in [1.29, 1.82) is 0 Å². The maximum atomic E-state index is 13.9. The number of anilines is 5. The number of benzene rings is 2. The zero-order valence-corrected chi connectivity index (χ0v) is 21.3. The van der Waals surface area contributed by atoms with Crippen LogP contribution in [0.5, 0.6) is 11.5 Å². The van der Waals surface area contributed by atoms with Crippen molar-refractivity contribution < 1.29 is 19.1 Å². The predicted molar refractivity (Wildman–Crippen MR) is 146 cm³/mol. The molecule has 0 saturated heterocycles. The van der Waals surface area contributed by atoms with Gasteiger partial charge >= 0.3 is 6.03 Å². The second kappa shape index (κ2) is 10.9. The second-order valence-corrected chi connectivity index (χ2v) is 8.51. The number of aromatic nitrogens is 4. The molecule has 2 aromatic heterocycles. The molecule has 3 amide bonds. The van der Waals surface area contributed by atoms with Crippen LogP contribution in [0.2, 0.25) is 0 Å². The number of aromatic amines is 1. The van der Waals surface area contributed by atoms with Crippen LogP contribution in [0.15, 0.2) is 73.8 Å². The molecule has 2 aromatic carbocycles. The number of carbonyl (C=O) groups excluding carboxylic acids is 2. The SMILES string of the molecule is C=CC(=O)Nc1ccccc1Nc1ncc2c(n1)N(Cc1cnc[nH]1)C(=O)N(c1cc(OC)cc(OC)c1)C2. The number of hydrogen-bond acceptors (Lipinski definition) is 8. The minimum atomic E-state index is -0.346. The number of fused-ring (bicyclic) bond motifs is 1. The Morgan fingerprint density at radius 1 is 1.13 bits per heavy atom. The van der Waals surface area contributed by atoms with E-state index >= 15 is 0 Å². The predicted octanol–water partition coefficient (Wildman–Crippen LogP) is 4.23. The van der Waals surface area contributed by atoms with Gasteiger partial charge in [0.25, 0.3) is 0 Å². The molecule has 4 aromatic rings. The lowest BCUT2D eigenvalue weighted by molar-refractivity contribution is -0.111. The first-order valence-corrected chi connectivity index (χ1v) is 11.9. The van der Waals surface area contributed by atoms with Crippen molar-refractivity contribution in [2.24, 2.45) is 0 Å². The zero-order valence-electron chi connectivity index (χ0n) is 21.3. The van der Waals surface area contributed by atoms with E-state index in [0.717, 1.165) is 11.3 Å². The Kier molecular flexibility index (Phi) is 7.08. The number of carbonyl (C=O) groups is 2. The summed E-state index contributed by atoms with van der Waals surface area (Å²) in [4.78, 5) is 45.2. The molecule has 1 aliphatic heterocycles. The lowest BCUT2D eigenvalue weighted by atomic mass is 10.1. The highest BCUT2D eigenvalue weighted by Crippen LogP contribution is 2.36. The summed E-state index contributed by atoms with van der Waals surface area (Å²) in [6.07, 6.45) is 6.07. The fourth-order valence-corrected chi connectivity index (χ4v) is 4.12. The molecular weight excluding hydrogens is 500 g/mol. The average Bonchev–Trinajstić information content (AvgIpc) is 3.48. The molecule has 0 spiro atoms. The minimum absolute atomic E-state index is 0.200. The van der Waals surface area contributed by atoms with Crippen LogP contribution in [0.4, 0.5) is 33.6 Å². The fourth-order valence-electron chi connectivity index (χ4n) is 4.12. The summed E-state index contributed by atoms with van der Waals surface area (Å²) in [5.41, 5.74) is 3.18. The highest BCUT2D eigenvalue weighted by Gasteiger charge is 2.34. The van der Waals surface area contributed by atoms with E-state index in [4.69, 9.17) is 14.5 Å². The fraction of sp³-hybridized carbons (Fsp3) is 0.148. The molecule has 198 valence electrons. The molecule has 12 nitrogen and oxygen atoms in total. The van der Waals surface area contributed by atoms with E-state index < -0.39 is 0 Å². The summed E-state index contributed by atoms with van der Waals surface area (Å²) in [5.74, 6) is 1.47. The Morgan fingerprint density at radius 2 is 1.87 bits per heavy atom. The van der Waals surface area contributed by atoms with Crippen molar-refractivity contribution in [2.45, 2.75) is 13.1 Å². The standard InChI is InChI=1S/C27H26N8O4/c1-4-24(36)31-22-7-5-6-8-23(22)32-26-29-12-17-14-34(19-9-20(38-2)11-21(10-19)39-3)27(37)35(25(17)33-26)15-18-13-28-16-30-18/h4-13,16H,1,14-15H2,2-3H3,(H,28,30)(H,31,36)(H,29,32,33). The monoisotopic (exact) mass is 526 g/mol. The van der Waals surface area contributed by atoms with Gasteiger partial charge in [0.1, 0.15) is 17.3 Å². The van der Waals surface area contributed by atoms with E-state index in [2.05, 4.69) is 32.2 Å². The molecule has 0 unspecified atom stereocenters. The first-order valence-electron chi connectivity index (χ1n) is 11.9. The van der Waals surface area contributed by atoms with E-state index in [1.54, 1.807) is 79.1 Å². The highest BCUT2D eigenvalue weighted by atomic mass is 16.5. The summed E-state index contributed by atoms with van der Waals surface area (Å²) in [6.45, 7) is 3.92. The van der Waals surface area contributed by atoms with Crippen molar-refractivity contribution in [1.82, 2.24) is 19.9 Å². The molecule has 5 rings (SSSR count). The van der Waals surface area contributed by atoms with Gasteiger partial charge in [0.15, 0.2) is 0 Å². The van der Waals surface area contributed by atoms with Crippen molar-refractivity contribution in [3.05, 3.63) is 85.1 Å². The maximum absolute atomic E-state index is 13.9. The number of methoxy groups -OCH3 is 2. The Balaban J connectivity index is 1.52. The normalized spacial score (nSPS) is 12.5. The van der Waals surface area contributed by atoms with Gasteiger partial charge < -0.3 is 25.1 Å². The third-order valence-electron chi connectivity index (χ3n) is 6.04. The number of amides is 3. The number of hydrogen-bond donors (Lipinski definition) is 3. The molecule has 1 aliphatic rings. The Morgan fingerprint density at radius 3 is 2.54 bits per heavy atom. The van der Waals surface area contributed by atoms with E-state index in [1.165, 1.54) is 6.08 Å². The van der Waals surface area contributed by atoms with E-state index in [-0.39, 0.29) is 31.0 Å². The smallest absolute Gasteiger partial charge is 0.330 e. The van der Waals surface area contributed by atoms with Crippen LogP contribution in [-0.2, 0) is 17.9 Å². The molecule has 0 radical (unpaired) electrons. The maximum Gasteiger partial charge on any atom is 0.330 e. The summed E-state index contributed by atoms with van der Waals surface area (Å²) < 4.78 is 10.8. The first-order chi connectivity index (χ1) is 19.0. The van der Waals surface area contributed by atoms with Crippen molar-refractivity contribution in [3.63, 3.8) is 0 Å². The van der Waals surface area contributed by atoms with Crippen molar-refractivity contribution in [2.75, 3.05) is 34.7 Å². The van der Waals surface area contributed by atoms with Gasteiger partial charge in [-0.25, -0.2) is 14.8 Å². The lowest BCUT2D eigenvalue weighted by Gasteiger charge is -2.36. The number of para-hydroxylation sites is 2.